The maximum absolute atomic E-state index is 12.7. The second-order valence-electron chi connectivity index (χ2n) is 24.5. The van der Waals surface area contributed by atoms with E-state index in [-0.39, 0.29) is 44.8 Å². The van der Waals surface area contributed by atoms with Crippen LogP contribution in [0.3, 0.4) is 0 Å². The van der Waals surface area contributed by atoms with Crippen LogP contribution in [0.15, 0.2) is 213 Å². The van der Waals surface area contributed by atoms with E-state index in [1.54, 1.807) is 78.6 Å². The Morgan fingerprint density at radius 1 is 0.381 bits per heavy atom. The SMILES string of the molecule is Cc1ccc(N)cc1.Cc1nc2c(N)cccc2n1-c1cncc(Nc2ccc(C(F)(F)F)cc2)n1.Cc1nc2c([N+](=O)[O-])cccc2[nH]1.Cc1nc2c([N+](=O)[O-])cccc2n1-c1cncc(Cl)n1.Cc1nc2c([N+](=O)[O-])cccc2n1-c1cncc(Nc2ccc(C(F)(F)F)cc2)n1.Clc1cncc(Cl)n1.Nc1cccc([N+](=O)[O-])c1N. The molecule has 34 nitrogen and oxygen atoms in total. The molecule has 11 N–H and O–H groups in total. The second kappa shape index (κ2) is 37.2. The Bertz CT molecular complexity index is 6300. The zero-order valence-electron chi connectivity index (χ0n) is 61.7. The van der Waals surface area contributed by atoms with Gasteiger partial charge in [-0.15, -0.1) is 0 Å². The molecule has 43 heteroatoms. The molecule has 118 heavy (non-hydrogen) atoms. The van der Waals surface area contributed by atoms with Gasteiger partial charge in [-0.2, -0.15) is 26.3 Å². The number of nitro benzene ring substituents is 4. The summed E-state index contributed by atoms with van der Waals surface area (Å²) in [7, 11) is 0. The van der Waals surface area contributed by atoms with Crippen molar-refractivity contribution in [1.82, 2.24) is 78.5 Å². The van der Waals surface area contributed by atoms with E-state index in [1.807, 2.05) is 54.8 Å². The molecule has 16 aromatic rings. The smallest absolute Gasteiger partial charge is 0.399 e. The molecule has 16 rings (SSSR count). The average molecular weight is 1670 g/mol. The van der Waals surface area contributed by atoms with Crippen LogP contribution in [-0.2, 0) is 12.4 Å². The fourth-order valence-corrected chi connectivity index (χ4v) is 11.5. The highest BCUT2D eigenvalue weighted by Gasteiger charge is 2.31. The number of imidazole rings is 4. The molecule has 8 aromatic heterocycles. The highest BCUT2D eigenvalue weighted by molar-refractivity contribution is 6.32. The van der Waals surface area contributed by atoms with E-state index in [1.165, 1.54) is 110 Å². The fourth-order valence-electron chi connectivity index (χ4n) is 11.0. The number of anilines is 8. The number of rotatable bonds is 11. The minimum atomic E-state index is -4.42. The van der Waals surface area contributed by atoms with E-state index < -0.39 is 43.2 Å². The molecule has 602 valence electrons. The summed E-state index contributed by atoms with van der Waals surface area (Å²) in [6, 6.07) is 41.0. The van der Waals surface area contributed by atoms with Gasteiger partial charge < -0.3 is 38.6 Å². The van der Waals surface area contributed by atoms with Gasteiger partial charge in [0.05, 0.1) is 114 Å². The van der Waals surface area contributed by atoms with Crippen LogP contribution in [-0.4, -0.2) is 98.2 Å². The number of para-hydroxylation sites is 5. The molecule has 0 saturated heterocycles. The minimum absolute atomic E-state index is 0.0255. The Balaban J connectivity index is 0.000000153. The van der Waals surface area contributed by atoms with Crippen LogP contribution in [0, 0.1) is 75.1 Å². The Morgan fingerprint density at radius 2 is 0.737 bits per heavy atom. The summed E-state index contributed by atoms with van der Waals surface area (Å²) in [5, 5.41) is 49.9. The predicted octanol–water partition coefficient (Wildman–Crippen LogP) is 17.8. The van der Waals surface area contributed by atoms with Gasteiger partial charge in [-0.3, -0.25) is 74.1 Å². The largest absolute Gasteiger partial charge is 0.416 e. The van der Waals surface area contributed by atoms with E-state index >= 15 is 0 Å². The van der Waals surface area contributed by atoms with Crippen molar-refractivity contribution in [3.05, 3.63) is 309 Å². The third kappa shape index (κ3) is 21.4. The number of non-ortho nitro benzene ring substituents is 3. The molecule has 0 fully saturated rings. The van der Waals surface area contributed by atoms with Crippen LogP contribution < -0.4 is 33.6 Å². The maximum Gasteiger partial charge on any atom is 0.416 e. The zero-order chi connectivity index (χ0) is 85.4. The van der Waals surface area contributed by atoms with Crippen molar-refractivity contribution in [1.29, 1.82) is 0 Å². The molecule has 8 heterocycles. The molecule has 0 aliphatic rings. The molecule has 0 radical (unpaired) electrons. The van der Waals surface area contributed by atoms with Crippen LogP contribution in [0.25, 0.3) is 61.6 Å². The Labute approximate surface area is 675 Å². The molecule has 0 unspecified atom stereocenters. The predicted molar refractivity (Wildman–Crippen MR) is 433 cm³/mol. The van der Waals surface area contributed by atoms with Crippen molar-refractivity contribution >= 4 is 147 Å². The van der Waals surface area contributed by atoms with Crippen molar-refractivity contribution in [2.24, 2.45) is 0 Å². The van der Waals surface area contributed by atoms with Crippen LogP contribution >= 0.6 is 34.8 Å². The minimum Gasteiger partial charge on any atom is -0.399 e. The molecule has 0 aliphatic carbocycles. The third-order valence-electron chi connectivity index (χ3n) is 16.2. The first-order chi connectivity index (χ1) is 56.0. The summed E-state index contributed by atoms with van der Waals surface area (Å²) in [5.74, 6) is 4.44. The molecule has 0 atom stereocenters. The van der Waals surface area contributed by atoms with Gasteiger partial charge in [-0.25, -0.2) is 39.9 Å². The molecule has 0 aliphatic heterocycles. The zero-order valence-corrected chi connectivity index (χ0v) is 63.9. The van der Waals surface area contributed by atoms with Crippen LogP contribution in [0.5, 0.6) is 0 Å². The lowest BCUT2D eigenvalue weighted by Crippen LogP contribution is -2.05. The summed E-state index contributed by atoms with van der Waals surface area (Å²) in [6.45, 7) is 9.06. The van der Waals surface area contributed by atoms with Gasteiger partial charge in [-0.1, -0.05) is 82.8 Å². The number of fused-ring (bicyclic) bond motifs is 4. The molecule has 8 aromatic carbocycles. The van der Waals surface area contributed by atoms with Crippen molar-refractivity contribution in [3.8, 4) is 17.5 Å². The lowest BCUT2D eigenvalue weighted by Gasteiger charge is -2.11. The van der Waals surface area contributed by atoms with Gasteiger partial charge in [0.15, 0.2) is 45.6 Å². The van der Waals surface area contributed by atoms with Gasteiger partial charge in [0.2, 0.25) is 0 Å². The number of nitro groups is 4. The number of nitrogens with two attached hydrogens (primary N) is 4. The van der Waals surface area contributed by atoms with Crippen LogP contribution in [0.4, 0.5) is 94.9 Å². The van der Waals surface area contributed by atoms with Gasteiger partial charge in [0.25, 0.3) is 22.7 Å². The quantitative estimate of drug-likeness (QED) is 0.0274. The Morgan fingerprint density at radius 3 is 1.14 bits per heavy atom. The van der Waals surface area contributed by atoms with E-state index in [9.17, 15) is 66.8 Å². The van der Waals surface area contributed by atoms with E-state index in [2.05, 4.69) is 75.4 Å². The Kier molecular flexibility index (Phi) is 26.9. The number of alkyl halides is 6. The first-order valence-corrected chi connectivity index (χ1v) is 35.0. The maximum atomic E-state index is 12.7. The van der Waals surface area contributed by atoms with Crippen molar-refractivity contribution in [3.63, 3.8) is 0 Å². The lowest BCUT2D eigenvalue weighted by atomic mass is 10.2. The number of nitrogens with one attached hydrogen (secondary N) is 3. The fraction of sp³-hybridized carbons (Fsp3) is 0.0933. The first kappa shape index (κ1) is 85.2. The average Bonchev–Trinajstić information content (AvgIpc) is 2.12. The number of hydrogen-bond donors (Lipinski definition) is 7. The van der Waals surface area contributed by atoms with Gasteiger partial charge in [0.1, 0.15) is 50.0 Å². The highest BCUT2D eigenvalue weighted by atomic mass is 35.5. The Hall–Kier alpha value is -15.2. The summed E-state index contributed by atoms with van der Waals surface area (Å²) in [6.07, 6.45) is 2.95. The third-order valence-corrected chi connectivity index (χ3v) is 16.8. The standard InChI is InChI=1S/C19H13F3N6O2.C19H15F3N6.C12H8ClN5O2.C8H7N3O2.C7H9N.C6H7N3O2.C4H2Cl2N2/c1-11-24-18-14(3-2-4-15(18)28(29)30)27(11)17-10-23-9-16(26-17)25-13-7-5-12(6-8-13)19(20,21)22;1-11-25-18-14(23)3-2-4-15(18)28(11)17-10-24-9-16(27-17)26-13-7-5-12(6-8-13)19(20,21)22;1-7-15-12-8(3-2-4-9(12)18(19)20)17(7)11-6-14-5-10(13)16-11;1-5-9-6-3-2-4-7(11(12)13)8(6)10-5;1-6-2-4-7(8)5-3-6;7-4-2-1-3-5(6(4)8)9(10)11;5-3-1-7-2-4(6)8-3/h2-10H,1H3,(H,25,26);2-10H,23H2,1H3,(H,26,27);2-6H,1H3;2-4H,1H3,(H,9,10);2-5H,8H2,1H3;1-3H,7-8H2;1-2H. The van der Waals surface area contributed by atoms with Crippen molar-refractivity contribution in [2.75, 3.05) is 33.6 Å². The van der Waals surface area contributed by atoms with Crippen LogP contribution in [0.1, 0.15) is 40.0 Å². The highest BCUT2D eigenvalue weighted by Crippen LogP contribution is 2.35. The molecular formula is C75H61Cl3F6N26O8. The number of H-pyrrole nitrogens is 1. The monoisotopic (exact) mass is 1670 g/mol. The van der Waals surface area contributed by atoms with Crippen molar-refractivity contribution in [2.45, 2.75) is 47.0 Å². The first-order valence-electron chi connectivity index (χ1n) is 33.9. The topological polar surface area (TPSA) is 486 Å². The molecule has 0 bridgehead atoms. The summed E-state index contributed by atoms with van der Waals surface area (Å²) in [5.41, 5.74) is 28.3. The molecule has 0 amide bonds. The van der Waals surface area contributed by atoms with E-state index in [4.69, 9.17) is 57.7 Å². The number of nitrogen functional groups attached to an aromatic ring is 4. The summed E-state index contributed by atoms with van der Waals surface area (Å²) < 4.78 is 81.3. The summed E-state index contributed by atoms with van der Waals surface area (Å²) >= 11 is 16.6. The normalized spacial score (nSPS) is 10.9. The van der Waals surface area contributed by atoms with E-state index in [0.717, 1.165) is 35.5 Å². The number of aryl methyl sites for hydroxylation is 5. The number of aromatic amines is 1. The molecular weight excluding hydrogens is 1610 g/mol. The van der Waals surface area contributed by atoms with Gasteiger partial charge >= 0.3 is 12.4 Å². The second-order valence-corrected chi connectivity index (χ2v) is 25.7. The number of hydrogen-bond acceptors (Lipinski definition) is 26. The summed E-state index contributed by atoms with van der Waals surface area (Å²) in [4.78, 5) is 93.8. The lowest BCUT2D eigenvalue weighted by molar-refractivity contribution is -0.383. The van der Waals surface area contributed by atoms with E-state index in [0.29, 0.717) is 113 Å². The number of benzene rings is 8. The number of halogens is 9. The van der Waals surface area contributed by atoms with Crippen LogP contribution in [0.2, 0.25) is 15.5 Å². The molecule has 0 saturated carbocycles. The van der Waals surface area contributed by atoms with Gasteiger partial charge in [0, 0.05) is 41.3 Å². The number of aromatic nitrogens is 16. The number of nitrogens with zero attached hydrogens (tertiary/aromatic N) is 19. The van der Waals surface area contributed by atoms with Gasteiger partial charge in [-0.05, 0) is 132 Å². The van der Waals surface area contributed by atoms with Crippen molar-refractivity contribution < 1.29 is 46.0 Å². The molecule has 0 spiro atoms.